The van der Waals surface area contributed by atoms with Crippen molar-refractivity contribution in [2.75, 3.05) is 0 Å². The van der Waals surface area contributed by atoms with Crippen LogP contribution in [-0.2, 0) is 4.79 Å². The summed E-state index contributed by atoms with van der Waals surface area (Å²) in [5.41, 5.74) is 1.71. The van der Waals surface area contributed by atoms with Crippen LogP contribution in [0.2, 0.25) is 0 Å². The van der Waals surface area contributed by atoms with E-state index < -0.39 is 5.97 Å². The van der Waals surface area contributed by atoms with Gasteiger partial charge >= 0.3 is 35.5 Å². The molecule has 0 heterocycles. The van der Waals surface area contributed by atoms with Crippen LogP contribution in [-0.4, -0.2) is 40.6 Å². The summed E-state index contributed by atoms with van der Waals surface area (Å²) in [5.74, 6) is -0.906. The van der Waals surface area contributed by atoms with Crippen LogP contribution in [0.5, 0.6) is 0 Å². The summed E-state index contributed by atoms with van der Waals surface area (Å²) < 4.78 is 0. The molecule has 0 fully saturated rings. The van der Waals surface area contributed by atoms with Gasteiger partial charge in [-0.05, 0) is 18.1 Å². The second-order valence-corrected chi connectivity index (χ2v) is 2.53. The molecule has 0 spiro atoms. The van der Waals surface area contributed by atoms with Gasteiger partial charge in [0, 0.05) is 6.08 Å². The van der Waals surface area contributed by atoms with E-state index in [2.05, 4.69) is 0 Å². The molecule has 0 aliphatic carbocycles. The van der Waals surface area contributed by atoms with Gasteiger partial charge in [-0.1, -0.05) is 30.3 Å². The summed E-state index contributed by atoms with van der Waals surface area (Å²) in [5, 5.41) is 8.47. The number of hydrogen-bond acceptors (Lipinski definition) is 1. The van der Waals surface area contributed by atoms with E-state index in [-0.39, 0.29) is 29.6 Å². The number of carboxylic acids is 1. The van der Waals surface area contributed by atoms with E-state index in [9.17, 15) is 4.79 Å². The standard InChI is InChI=1S/C10H10O2.Na.H/c1-8(7-10(11)12)9-5-3-2-4-6-9;;/h2-7H,1H3,(H,11,12);;. The normalized spacial score (nSPS) is 10.4. The van der Waals surface area contributed by atoms with Crippen LogP contribution in [0.1, 0.15) is 12.5 Å². The number of allylic oxidation sites excluding steroid dienone is 1. The first-order chi connectivity index (χ1) is 5.70. The summed E-state index contributed by atoms with van der Waals surface area (Å²) >= 11 is 0. The van der Waals surface area contributed by atoms with E-state index >= 15 is 0 Å². The summed E-state index contributed by atoms with van der Waals surface area (Å²) in [6.45, 7) is 1.78. The molecule has 1 N–H and O–H groups in total. The van der Waals surface area contributed by atoms with E-state index in [0.29, 0.717) is 0 Å². The number of benzene rings is 1. The van der Waals surface area contributed by atoms with Gasteiger partial charge in [0.05, 0.1) is 0 Å². The molecule has 2 nitrogen and oxygen atoms in total. The van der Waals surface area contributed by atoms with Crippen LogP contribution >= 0.6 is 0 Å². The molecule has 64 valence electrons. The van der Waals surface area contributed by atoms with Crippen LogP contribution in [0.15, 0.2) is 36.4 Å². The Kier molecular flexibility index (Phi) is 5.71. The zero-order valence-electron chi connectivity index (χ0n) is 6.82. The zero-order valence-corrected chi connectivity index (χ0v) is 6.82. The van der Waals surface area contributed by atoms with Crippen molar-refractivity contribution in [1.29, 1.82) is 0 Å². The molecule has 0 atom stereocenters. The number of aliphatic carboxylic acids is 1. The molecule has 0 amide bonds. The quantitative estimate of drug-likeness (QED) is 0.561. The van der Waals surface area contributed by atoms with Gasteiger partial charge in [-0.25, -0.2) is 4.79 Å². The van der Waals surface area contributed by atoms with Gasteiger partial charge in [-0.15, -0.1) is 0 Å². The van der Waals surface area contributed by atoms with Crippen molar-refractivity contribution in [2.45, 2.75) is 6.92 Å². The third-order valence-electron chi connectivity index (χ3n) is 1.57. The van der Waals surface area contributed by atoms with Crippen molar-refractivity contribution in [2.24, 2.45) is 0 Å². The van der Waals surface area contributed by atoms with Crippen molar-refractivity contribution < 1.29 is 9.90 Å². The average molecular weight is 186 g/mol. The Morgan fingerprint density at radius 3 is 2.31 bits per heavy atom. The predicted octanol–water partition coefficient (Wildman–Crippen LogP) is 1.53. The monoisotopic (exact) mass is 186 g/mol. The number of carbonyl (C=O) groups is 1. The van der Waals surface area contributed by atoms with E-state index in [1.165, 1.54) is 6.08 Å². The maximum atomic E-state index is 10.3. The minimum atomic E-state index is -0.906. The van der Waals surface area contributed by atoms with Gasteiger partial charge in [0.2, 0.25) is 0 Å². The molecule has 1 rings (SSSR count). The van der Waals surface area contributed by atoms with Gasteiger partial charge in [0.1, 0.15) is 0 Å². The molecule has 3 heteroatoms. The molecule has 0 radical (unpaired) electrons. The Hall–Kier alpha value is -0.570. The molecule has 0 bridgehead atoms. The van der Waals surface area contributed by atoms with E-state index in [1.54, 1.807) is 6.92 Å². The van der Waals surface area contributed by atoms with Crippen LogP contribution in [0, 0.1) is 0 Å². The Labute approximate surface area is 99.6 Å². The molecule has 0 unspecified atom stereocenters. The molecule has 0 aliphatic rings. The molecule has 0 saturated carbocycles. The Morgan fingerprint density at radius 1 is 1.31 bits per heavy atom. The third-order valence-corrected chi connectivity index (χ3v) is 1.57. The van der Waals surface area contributed by atoms with Crippen LogP contribution < -0.4 is 0 Å². The molecular formula is C10H11NaO2. The summed E-state index contributed by atoms with van der Waals surface area (Å²) in [7, 11) is 0. The minimum absolute atomic E-state index is 0. The fourth-order valence-corrected chi connectivity index (χ4v) is 0.970. The SMILES string of the molecule is CC(=CC(=O)O)c1ccccc1.[NaH]. The first-order valence-corrected chi connectivity index (χ1v) is 3.67. The van der Waals surface area contributed by atoms with E-state index in [1.807, 2.05) is 30.3 Å². The first-order valence-electron chi connectivity index (χ1n) is 3.67. The van der Waals surface area contributed by atoms with Crippen molar-refractivity contribution in [3.8, 4) is 0 Å². The number of carboxylic acid groups (broad SMARTS) is 1. The Balaban J connectivity index is 0.00000144. The molecule has 0 saturated heterocycles. The molecular weight excluding hydrogens is 175 g/mol. The molecule has 0 aromatic heterocycles. The topological polar surface area (TPSA) is 37.3 Å². The van der Waals surface area contributed by atoms with Crippen LogP contribution in [0.25, 0.3) is 5.57 Å². The Bertz CT molecular complexity index is 304. The van der Waals surface area contributed by atoms with Gasteiger partial charge < -0.3 is 5.11 Å². The van der Waals surface area contributed by atoms with E-state index in [4.69, 9.17) is 5.11 Å². The molecule has 1 aromatic rings. The van der Waals surface area contributed by atoms with Gasteiger partial charge in [0.25, 0.3) is 0 Å². The van der Waals surface area contributed by atoms with Gasteiger partial charge in [-0.3, -0.25) is 0 Å². The van der Waals surface area contributed by atoms with Crippen molar-refractivity contribution in [3.05, 3.63) is 42.0 Å². The van der Waals surface area contributed by atoms with E-state index in [0.717, 1.165) is 11.1 Å². The second kappa shape index (κ2) is 5.97. The average Bonchev–Trinajstić information content (AvgIpc) is 2.05. The van der Waals surface area contributed by atoms with Crippen molar-refractivity contribution >= 4 is 41.1 Å². The van der Waals surface area contributed by atoms with Crippen molar-refractivity contribution in [1.82, 2.24) is 0 Å². The van der Waals surface area contributed by atoms with Crippen LogP contribution in [0.3, 0.4) is 0 Å². The summed E-state index contributed by atoms with van der Waals surface area (Å²) in [4.78, 5) is 10.3. The maximum absolute atomic E-state index is 10.3. The third kappa shape index (κ3) is 4.27. The number of rotatable bonds is 2. The Morgan fingerprint density at radius 2 is 1.85 bits per heavy atom. The number of hydrogen-bond donors (Lipinski definition) is 1. The summed E-state index contributed by atoms with van der Waals surface area (Å²) in [6.07, 6.45) is 1.20. The molecule has 13 heavy (non-hydrogen) atoms. The van der Waals surface area contributed by atoms with Gasteiger partial charge in [0.15, 0.2) is 0 Å². The fraction of sp³-hybridized carbons (Fsp3) is 0.100. The second-order valence-electron chi connectivity index (χ2n) is 2.53. The predicted molar refractivity (Wildman–Crippen MR) is 54.9 cm³/mol. The summed E-state index contributed by atoms with van der Waals surface area (Å²) in [6, 6.07) is 9.43. The molecule has 0 aliphatic heterocycles. The fourth-order valence-electron chi connectivity index (χ4n) is 0.970. The van der Waals surface area contributed by atoms with Gasteiger partial charge in [-0.2, -0.15) is 0 Å². The van der Waals surface area contributed by atoms with Crippen molar-refractivity contribution in [3.63, 3.8) is 0 Å². The van der Waals surface area contributed by atoms with Crippen LogP contribution in [0.4, 0.5) is 0 Å². The first kappa shape index (κ1) is 12.4. The zero-order chi connectivity index (χ0) is 8.97. The molecule has 1 aromatic carbocycles.